The number of alkyl carbamates (subject to hydrolysis) is 1. The fourth-order valence-electron chi connectivity index (χ4n) is 4.76. The number of carbonyl (C=O) groups is 3. The average Bonchev–Trinajstić information content (AvgIpc) is 3.29. The zero-order valence-corrected chi connectivity index (χ0v) is 21.7. The number of hydroxylamine groups is 2. The number of benzene rings is 2. The molecule has 0 saturated carbocycles. The lowest BCUT2D eigenvalue weighted by molar-refractivity contribution is -0.177. The second-order valence-electron chi connectivity index (χ2n) is 10.2. The number of halogens is 1. The molecule has 2 N–H and O–H groups in total. The van der Waals surface area contributed by atoms with E-state index in [9.17, 15) is 14.4 Å². The molecule has 3 aliphatic heterocycles. The van der Waals surface area contributed by atoms with E-state index in [0.29, 0.717) is 41.5 Å². The van der Waals surface area contributed by atoms with Crippen LogP contribution in [-0.2, 0) is 21.0 Å². The van der Waals surface area contributed by atoms with E-state index in [4.69, 9.17) is 9.57 Å². The van der Waals surface area contributed by atoms with Gasteiger partial charge < -0.3 is 15.0 Å². The second-order valence-corrected chi connectivity index (χ2v) is 11.2. The number of imide groups is 1. The Bertz CT molecular complexity index is 1240. The maximum Gasteiger partial charge on any atom is 0.407 e. The highest BCUT2D eigenvalue weighted by atomic mass is 32.2. The van der Waals surface area contributed by atoms with Crippen molar-refractivity contribution >= 4 is 35.4 Å². The Kier molecular flexibility index (Phi) is 6.86. The van der Waals surface area contributed by atoms with Crippen LogP contribution in [0.3, 0.4) is 0 Å². The number of carbonyl (C=O) groups excluding carboxylic acids is 3. The molecule has 2 unspecified atom stereocenters. The molecule has 3 aliphatic rings. The summed E-state index contributed by atoms with van der Waals surface area (Å²) in [4.78, 5) is 46.8. The van der Waals surface area contributed by atoms with Crippen molar-refractivity contribution in [2.75, 3.05) is 23.9 Å². The van der Waals surface area contributed by atoms with Crippen LogP contribution in [0.2, 0.25) is 0 Å². The van der Waals surface area contributed by atoms with Gasteiger partial charge in [-0.3, -0.25) is 19.7 Å². The normalized spacial score (nSPS) is 21.2. The summed E-state index contributed by atoms with van der Waals surface area (Å²) >= 11 is 1.35. The predicted octanol–water partition coefficient (Wildman–Crippen LogP) is 3.74. The van der Waals surface area contributed by atoms with Crippen molar-refractivity contribution in [2.24, 2.45) is 0 Å². The minimum atomic E-state index is -0.822. The van der Waals surface area contributed by atoms with Crippen molar-refractivity contribution in [1.29, 1.82) is 0 Å². The quantitative estimate of drug-likeness (QED) is 0.567. The summed E-state index contributed by atoms with van der Waals surface area (Å²) in [6.45, 7) is 6.30. The van der Waals surface area contributed by atoms with Crippen LogP contribution in [0.15, 0.2) is 41.3 Å². The first-order valence-corrected chi connectivity index (χ1v) is 13.1. The number of nitrogens with one attached hydrogen (secondary N) is 2. The minimum Gasteiger partial charge on any atom is -0.444 e. The van der Waals surface area contributed by atoms with Crippen LogP contribution < -0.4 is 15.5 Å². The second kappa shape index (κ2) is 9.96. The molecular weight excluding hydrogens is 499 g/mol. The molecule has 1 fully saturated rings. The Morgan fingerprint density at radius 2 is 2.00 bits per heavy atom. The van der Waals surface area contributed by atoms with Crippen LogP contribution in [-0.4, -0.2) is 53.6 Å². The molecule has 2 aromatic rings. The van der Waals surface area contributed by atoms with Gasteiger partial charge in [0, 0.05) is 29.4 Å². The molecule has 11 heteroatoms. The van der Waals surface area contributed by atoms with Gasteiger partial charge >= 0.3 is 6.09 Å². The Balaban J connectivity index is 1.39. The van der Waals surface area contributed by atoms with Crippen LogP contribution in [0.4, 0.5) is 14.9 Å². The molecule has 0 radical (unpaired) electrons. The number of nitrogens with zero attached hydrogens (tertiary/aromatic N) is 2. The molecule has 2 atom stereocenters. The van der Waals surface area contributed by atoms with Gasteiger partial charge in [-0.25, -0.2) is 9.18 Å². The monoisotopic (exact) mass is 528 g/mol. The lowest BCUT2D eigenvalue weighted by Gasteiger charge is -2.37. The van der Waals surface area contributed by atoms with Crippen molar-refractivity contribution in [2.45, 2.75) is 56.4 Å². The van der Waals surface area contributed by atoms with Crippen molar-refractivity contribution in [3.63, 3.8) is 0 Å². The van der Waals surface area contributed by atoms with Crippen LogP contribution in [0.1, 0.15) is 54.7 Å². The van der Waals surface area contributed by atoms with Crippen LogP contribution in [0, 0.1) is 5.82 Å². The van der Waals surface area contributed by atoms with E-state index >= 15 is 4.39 Å². The molecule has 3 heterocycles. The number of anilines is 1. The van der Waals surface area contributed by atoms with E-state index < -0.39 is 35.4 Å². The first-order valence-electron chi connectivity index (χ1n) is 12.1. The molecule has 0 spiro atoms. The van der Waals surface area contributed by atoms with Gasteiger partial charge in [0.25, 0.3) is 11.8 Å². The third-order valence-electron chi connectivity index (χ3n) is 6.33. The highest BCUT2D eigenvalue weighted by Gasteiger charge is 2.45. The van der Waals surface area contributed by atoms with Gasteiger partial charge in [0.05, 0.1) is 17.3 Å². The summed E-state index contributed by atoms with van der Waals surface area (Å²) in [5.41, 5.74) is 1.12. The van der Waals surface area contributed by atoms with Gasteiger partial charge in [0.15, 0.2) is 0 Å². The predicted molar refractivity (Wildman–Crippen MR) is 135 cm³/mol. The third-order valence-corrected chi connectivity index (χ3v) is 7.34. The first kappa shape index (κ1) is 25.5. The van der Waals surface area contributed by atoms with E-state index in [1.807, 2.05) is 35.2 Å². The van der Waals surface area contributed by atoms with Crippen LogP contribution >= 0.6 is 11.8 Å². The average molecular weight is 529 g/mol. The highest BCUT2D eigenvalue weighted by molar-refractivity contribution is 7.99. The summed E-state index contributed by atoms with van der Waals surface area (Å²) in [6, 6.07) is 9.34. The Morgan fingerprint density at radius 1 is 1.24 bits per heavy atom. The van der Waals surface area contributed by atoms with E-state index in [2.05, 4.69) is 10.6 Å². The maximum absolute atomic E-state index is 15.6. The zero-order valence-electron chi connectivity index (χ0n) is 20.9. The molecule has 2 aromatic carbocycles. The molecule has 3 amide bonds. The summed E-state index contributed by atoms with van der Waals surface area (Å²) in [6.07, 6.45) is 0.0950. The molecule has 0 bridgehead atoms. The number of amides is 3. The van der Waals surface area contributed by atoms with Gasteiger partial charge in [-0.05, 0) is 38.8 Å². The van der Waals surface area contributed by atoms with Gasteiger partial charge in [-0.1, -0.05) is 30.3 Å². The Morgan fingerprint density at radius 3 is 2.73 bits per heavy atom. The third kappa shape index (κ3) is 5.16. The lowest BCUT2D eigenvalue weighted by atomic mass is 9.93. The van der Waals surface area contributed by atoms with Crippen LogP contribution in [0.5, 0.6) is 0 Å². The van der Waals surface area contributed by atoms with E-state index in [0.717, 1.165) is 10.6 Å². The Hall–Kier alpha value is -3.15. The standard InChI is InChI=1S/C26H29FN4O5S/c1-26(2,3)36-25(34)29-16-9-10-30(12-16)21-18(27)11-17-19-20(28-14-37-22(19)21)24(33)31(23(17)32)35-13-15-7-5-4-6-8-15/h4-8,11,16,20,28H,9-10,12-14H2,1-3H3,(H,29,34). The molecule has 9 nitrogen and oxygen atoms in total. The molecule has 0 aliphatic carbocycles. The molecule has 5 rings (SSSR count). The van der Waals surface area contributed by atoms with Gasteiger partial charge in [0.1, 0.15) is 24.1 Å². The van der Waals surface area contributed by atoms with Crippen LogP contribution in [0.25, 0.3) is 0 Å². The number of hydrogen-bond acceptors (Lipinski definition) is 8. The smallest absolute Gasteiger partial charge is 0.407 e. The Labute approximate surface area is 218 Å². The largest absolute Gasteiger partial charge is 0.444 e. The molecule has 196 valence electrons. The molecule has 1 saturated heterocycles. The summed E-state index contributed by atoms with van der Waals surface area (Å²) in [7, 11) is 0. The topological polar surface area (TPSA) is 100 Å². The lowest BCUT2D eigenvalue weighted by Crippen LogP contribution is -2.50. The van der Waals surface area contributed by atoms with Crippen molar-refractivity contribution in [3.8, 4) is 0 Å². The zero-order chi connectivity index (χ0) is 26.3. The number of thioether (sulfide) groups is 1. The minimum absolute atomic E-state index is 0.0301. The highest BCUT2D eigenvalue weighted by Crippen LogP contribution is 2.46. The van der Waals surface area contributed by atoms with Crippen molar-refractivity contribution in [3.05, 3.63) is 58.9 Å². The van der Waals surface area contributed by atoms with E-state index in [1.54, 1.807) is 20.8 Å². The van der Waals surface area contributed by atoms with Crippen molar-refractivity contribution in [1.82, 2.24) is 15.7 Å². The van der Waals surface area contributed by atoms with Gasteiger partial charge in [0.2, 0.25) is 0 Å². The van der Waals surface area contributed by atoms with E-state index in [-0.39, 0.29) is 18.2 Å². The molecule has 0 aromatic heterocycles. The number of hydrogen-bond donors (Lipinski definition) is 2. The summed E-state index contributed by atoms with van der Waals surface area (Å²) in [5.74, 6) is -1.40. The molecule has 37 heavy (non-hydrogen) atoms. The SMILES string of the molecule is CC(C)(C)OC(=O)NC1CCN(c2c(F)cc3c4c2SCNC4C(=O)N(OCc2ccccc2)C3=O)C1. The fourth-order valence-corrected chi connectivity index (χ4v) is 5.90. The fraction of sp³-hybridized carbons (Fsp3) is 0.423. The van der Waals surface area contributed by atoms with Gasteiger partial charge in [-0.15, -0.1) is 16.8 Å². The summed E-state index contributed by atoms with van der Waals surface area (Å²) < 4.78 is 20.9. The van der Waals surface area contributed by atoms with Crippen molar-refractivity contribution < 1.29 is 28.3 Å². The molecular formula is C26H29FN4O5S. The number of rotatable bonds is 5. The summed E-state index contributed by atoms with van der Waals surface area (Å²) in [5, 5.41) is 6.72. The maximum atomic E-state index is 15.6. The number of ether oxygens (including phenoxy) is 1. The van der Waals surface area contributed by atoms with E-state index in [1.165, 1.54) is 17.8 Å². The van der Waals surface area contributed by atoms with Gasteiger partial charge in [-0.2, -0.15) is 0 Å². The first-order chi connectivity index (χ1) is 17.6.